The Morgan fingerprint density at radius 2 is 2.11 bits per heavy atom. The lowest BCUT2D eigenvalue weighted by Crippen LogP contribution is -2.27. The second kappa shape index (κ2) is 6.43. The van der Waals surface area contributed by atoms with E-state index >= 15 is 0 Å². The average molecular weight is 265 g/mol. The predicted molar refractivity (Wildman–Crippen MR) is 70.5 cm³/mol. The molecule has 1 N–H and O–H groups in total. The van der Waals surface area contributed by atoms with Crippen LogP contribution in [0.1, 0.15) is 24.9 Å². The summed E-state index contributed by atoms with van der Waals surface area (Å²) in [5.41, 5.74) is 0.810. The lowest BCUT2D eigenvalue weighted by Gasteiger charge is -2.16. The Balaban J connectivity index is 2.24. The van der Waals surface area contributed by atoms with Gasteiger partial charge in [-0.05, 0) is 31.7 Å². The van der Waals surface area contributed by atoms with Gasteiger partial charge < -0.3 is 19.5 Å². The molecule has 1 aliphatic rings. The number of carbonyl (C=O) groups excluding carboxylic acids is 1. The first-order valence-corrected chi connectivity index (χ1v) is 6.49. The van der Waals surface area contributed by atoms with Crippen molar-refractivity contribution in [3.8, 4) is 11.5 Å². The van der Waals surface area contributed by atoms with Crippen molar-refractivity contribution in [3.63, 3.8) is 0 Å². The van der Waals surface area contributed by atoms with Crippen LogP contribution in [0.4, 0.5) is 0 Å². The minimum absolute atomic E-state index is 0.292. The number of nitrogens with one attached hydrogen (secondary N) is 1. The fraction of sp³-hybridized carbons (Fsp3) is 0.500. The van der Waals surface area contributed by atoms with Crippen molar-refractivity contribution in [2.45, 2.75) is 19.4 Å². The number of benzene rings is 1. The largest absolute Gasteiger partial charge is 0.490 e. The van der Waals surface area contributed by atoms with Crippen molar-refractivity contribution in [1.29, 1.82) is 0 Å². The van der Waals surface area contributed by atoms with E-state index in [1.165, 1.54) is 0 Å². The zero-order chi connectivity index (χ0) is 13.7. The molecular weight excluding hydrogens is 246 g/mol. The van der Waals surface area contributed by atoms with Crippen molar-refractivity contribution in [2.24, 2.45) is 0 Å². The van der Waals surface area contributed by atoms with Crippen LogP contribution in [0.5, 0.6) is 11.5 Å². The summed E-state index contributed by atoms with van der Waals surface area (Å²) < 4.78 is 16.2. The zero-order valence-electron chi connectivity index (χ0n) is 11.3. The molecule has 5 heteroatoms. The normalized spacial score (nSPS) is 15.5. The summed E-state index contributed by atoms with van der Waals surface area (Å²) in [6.45, 7) is 3.43. The van der Waals surface area contributed by atoms with Gasteiger partial charge in [0.1, 0.15) is 6.04 Å². The van der Waals surface area contributed by atoms with Gasteiger partial charge >= 0.3 is 5.97 Å². The van der Waals surface area contributed by atoms with Crippen LogP contribution in [0.3, 0.4) is 0 Å². The second-order valence-corrected chi connectivity index (χ2v) is 4.23. The molecule has 1 heterocycles. The van der Waals surface area contributed by atoms with Crippen molar-refractivity contribution in [3.05, 3.63) is 23.8 Å². The van der Waals surface area contributed by atoms with Gasteiger partial charge in [-0.25, -0.2) is 4.79 Å². The number of rotatable bonds is 4. The molecule has 0 saturated heterocycles. The molecule has 5 nitrogen and oxygen atoms in total. The zero-order valence-corrected chi connectivity index (χ0v) is 11.3. The molecular formula is C14H19NO4. The number of ether oxygens (including phenoxy) is 3. The Morgan fingerprint density at radius 3 is 2.79 bits per heavy atom. The molecule has 0 radical (unpaired) electrons. The second-order valence-electron chi connectivity index (χ2n) is 4.23. The monoisotopic (exact) mass is 265 g/mol. The smallest absolute Gasteiger partial charge is 0.327 e. The van der Waals surface area contributed by atoms with Gasteiger partial charge in [-0.15, -0.1) is 0 Å². The van der Waals surface area contributed by atoms with Crippen molar-refractivity contribution in [2.75, 3.05) is 26.9 Å². The van der Waals surface area contributed by atoms with Gasteiger partial charge in [0, 0.05) is 6.42 Å². The summed E-state index contributed by atoms with van der Waals surface area (Å²) in [5, 5.41) is 2.95. The molecule has 1 aromatic rings. The fourth-order valence-corrected chi connectivity index (χ4v) is 2.01. The van der Waals surface area contributed by atoms with E-state index < -0.39 is 6.04 Å². The Bertz CT molecular complexity index is 447. The third kappa shape index (κ3) is 3.17. The molecule has 1 aliphatic heterocycles. The summed E-state index contributed by atoms with van der Waals surface area (Å²) in [5.74, 6) is 1.11. The Labute approximate surface area is 112 Å². The summed E-state index contributed by atoms with van der Waals surface area (Å²) >= 11 is 0. The van der Waals surface area contributed by atoms with Crippen LogP contribution in [0, 0.1) is 0 Å². The molecule has 0 saturated carbocycles. The van der Waals surface area contributed by atoms with Crippen LogP contribution in [-0.4, -0.2) is 32.8 Å². The van der Waals surface area contributed by atoms with Gasteiger partial charge in [0.05, 0.1) is 19.8 Å². The maximum Gasteiger partial charge on any atom is 0.327 e. The van der Waals surface area contributed by atoms with Crippen molar-refractivity contribution >= 4 is 5.97 Å². The topological polar surface area (TPSA) is 56.8 Å². The highest BCUT2D eigenvalue weighted by Crippen LogP contribution is 2.32. The quantitative estimate of drug-likeness (QED) is 0.839. The number of carbonyl (C=O) groups is 1. The number of hydrogen-bond acceptors (Lipinski definition) is 5. The van der Waals surface area contributed by atoms with E-state index in [1.807, 2.05) is 18.2 Å². The van der Waals surface area contributed by atoms with Crippen molar-refractivity contribution in [1.82, 2.24) is 5.32 Å². The van der Waals surface area contributed by atoms with Gasteiger partial charge in [-0.2, -0.15) is 0 Å². The SMILES string of the molecule is CCOC(=O)C(NC)c1ccc2c(c1)OCCCO2. The molecule has 0 fully saturated rings. The first-order chi connectivity index (χ1) is 9.26. The van der Waals surface area contributed by atoms with Crippen molar-refractivity contribution < 1.29 is 19.0 Å². The fourth-order valence-electron chi connectivity index (χ4n) is 2.01. The summed E-state index contributed by atoms with van der Waals surface area (Å²) in [4.78, 5) is 11.9. The summed E-state index contributed by atoms with van der Waals surface area (Å²) in [6.07, 6.45) is 0.858. The van der Waals surface area contributed by atoms with E-state index in [0.29, 0.717) is 25.6 Å². The third-order valence-electron chi connectivity index (χ3n) is 2.92. The average Bonchev–Trinajstić information content (AvgIpc) is 2.64. The number of likely N-dealkylation sites (N-methyl/N-ethyl adjacent to an activating group) is 1. The number of esters is 1. The van der Waals surface area contributed by atoms with E-state index in [4.69, 9.17) is 14.2 Å². The van der Waals surface area contributed by atoms with E-state index in [1.54, 1.807) is 14.0 Å². The molecule has 0 aliphatic carbocycles. The lowest BCUT2D eigenvalue weighted by atomic mass is 10.1. The first-order valence-electron chi connectivity index (χ1n) is 6.49. The lowest BCUT2D eigenvalue weighted by molar-refractivity contribution is -0.145. The summed E-state index contributed by atoms with van der Waals surface area (Å²) in [7, 11) is 1.73. The Kier molecular flexibility index (Phi) is 4.63. The molecule has 1 unspecified atom stereocenters. The molecule has 19 heavy (non-hydrogen) atoms. The molecule has 1 aromatic carbocycles. The van der Waals surface area contributed by atoms with Crippen LogP contribution in [0.15, 0.2) is 18.2 Å². The Morgan fingerprint density at radius 1 is 1.37 bits per heavy atom. The molecule has 2 rings (SSSR count). The molecule has 0 bridgehead atoms. The summed E-state index contributed by atoms with van der Waals surface area (Å²) in [6, 6.07) is 5.03. The van der Waals surface area contributed by atoms with Crippen LogP contribution in [0.25, 0.3) is 0 Å². The number of hydrogen-bond donors (Lipinski definition) is 1. The minimum atomic E-state index is -0.489. The van der Waals surface area contributed by atoms with Crippen LogP contribution in [-0.2, 0) is 9.53 Å². The third-order valence-corrected chi connectivity index (χ3v) is 2.92. The standard InChI is InChI=1S/C14H19NO4/c1-3-17-14(16)13(15-2)10-5-6-11-12(9-10)19-8-4-7-18-11/h5-6,9,13,15H,3-4,7-8H2,1-2H3. The van der Waals surface area contributed by atoms with Crippen LogP contribution >= 0.6 is 0 Å². The highest BCUT2D eigenvalue weighted by molar-refractivity contribution is 5.78. The maximum atomic E-state index is 11.9. The van der Waals surface area contributed by atoms with Gasteiger partial charge in [0.2, 0.25) is 0 Å². The van der Waals surface area contributed by atoms with E-state index in [0.717, 1.165) is 17.7 Å². The van der Waals surface area contributed by atoms with E-state index in [9.17, 15) is 4.79 Å². The Hall–Kier alpha value is -1.75. The highest BCUT2D eigenvalue weighted by Gasteiger charge is 2.22. The first kappa shape index (κ1) is 13.7. The molecule has 104 valence electrons. The maximum absolute atomic E-state index is 11.9. The molecule has 0 aromatic heterocycles. The van der Waals surface area contributed by atoms with Crippen LogP contribution in [0.2, 0.25) is 0 Å². The minimum Gasteiger partial charge on any atom is -0.490 e. The molecule has 0 spiro atoms. The number of fused-ring (bicyclic) bond motifs is 1. The highest BCUT2D eigenvalue weighted by atomic mass is 16.5. The van der Waals surface area contributed by atoms with E-state index in [-0.39, 0.29) is 5.97 Å². The van der Waals surface area contributed by atoms with Gasteiger partial charge in [-0.3, -0.25) is 0 Å². The van der Waals surface area contributed by atoms with E-state index in [2.05, 4.69) is 5.32 Å². The van der Waals surface area contributed by atoms with Gasteiger partial charge in [0.15, 0.2) is 11.5 Å². The van der Waals surface area contributed by atoms with Gasteiger partial charge in [0.25, 0.3) is 0 Å². The van der Waals surface area contributed by atoms with Crippen LogP contribution < -0.4 is 14.8 Å². The van der Waals surface area contributed by atoms with Gasteiger partial charge in [-0.1, -0.05) is 6.07 Å². The predicted octanol–water partition coefficient (Wildman–Crippen LogP) is 1.67. The molecule has 1 atom stereocenters. The molecule has 0 amide bonds.